The molecule has 0 heterocycles. The van der Waals surface area contributed by atoms with E-state index in [1.54, 1.807) is 0 Å². The molecule has 0 aliphatic carbocycles. The Morgan fingerprint density at radius 1 is 1.00 bits per heavy atom. The first kappa shape index (κ1) is 15.2. The number of benzene rings is 1. The van der Waals surface area contributed by atoms with E-state index in [9.17, 15) is 0 Å². The van der Waals surface area contributed by atoms with Gasteiger partial charge in [-0.15, -0.1) is 0 Å². The largest absolute Gasteiger partial charge is 0.307 e. The maximum Gasteiger partial charge on any atom is 0.0325 e. The summed E-state index contributed by atoms with van der Waals surface area (Å²) in [6.07, 6.45) is 1.18. The number of hydrogen-bond acceptors (Lipinski definition) is 1. The zero-order chi connectivity index (χ0) is 13.8. The minimum Gasteiger partial charge on any atom is -0.307 e. The van der Waals surface area contributed by atoms with Gasteiger partial charge in [-0.25, -0.2) is 0 Å². The molecule has 0 aliphatic rings. The van der Waals surface area contributed by atoms with Crippen LogP contribution in [0.4, 0.5) is 0 Å². The van der Waals surface area contributed by atoms with Crippen molar-refractivity contribution in [1.82, 2.24) is 5.32 Å². The van der Waals surface area contributed by atoms with Gasteiger partial charge in [0.2, 0.25) is 0 Å². The number of hydrogen-bond donors (Lipinski definition) is 1. The Labute approximate surface area is 113 Å². The zero-order valence-corrected chi connectivity index (χ0v) is 12.8. The average Bonchev–Trinajstić information content (AvgIpc) is 2.27. The zero-order valence-electron chi connectivity index (χ0n) is 12.8. The second-order valence-corrected chi connectivity index (χ2v) is 6.85. The summed E-state index contributed by atoms with van der Waals surface area (Å²) in [5, 5.41) is 3.80. The highest BCUT2D eigenvalue weighted by Gasteiger charge is 2.23. The molecule has 1 aromatic rings. The van der Waals surface area contributed by atoms with Crippen molar-refractivity contribution in [2.45, 2.75) is 60.0 Å². The molecule has 1 N–H and O–H groups in total. The van der Waals surface area contributed by atoms with Gasteiger partial charge in [0.25, 0.3) is 0 Å². The topological polar surface area (TPSA) is 12.0 Å². The van der Waals surface area contributed by atoms with Gasteiger partial charge in [0.1, 0.15) is 0 Å². The quantitative estimate of drug-likeness (QED) is 0.788. The van der Waals surface area contributed by atoms with Crippen LogP contribution in [-0.4, -0.2) is 6.04 Å². The van der Waals surface area contributed by atoms with Crippen LogP contribution >= 0.6 is 0 Å². The molecule has 0 saturated carbocycles. The Balaban J connectivity index is 2.80. The molecule has 1 rings (SSSR count). The molecule has 1 aromatic carbocycles. The van der Waals surface area contributed by atoms with Crippen LogP contribution in [0.25, 0.3) is 0 Å². The SMILES string of the molecule is CC(C)CC(NC(C)C(C)(C)C)c1ccccc1. The Morgan fingerprint density at radius 3 is 2.00 bits per heavy atom. The first-order valence-corrected chi connectivity index (χ1v) is 7.11. The summed E-state index contributed by atoms with van der Waals surface area (Å²) in [4.78, 5) is 0. The van der Waals surface area contributed by atoms with Crippen LogP contribution in [0.3, 0.4) is 0 Å². The maximum atomic E-state index is 3.80. The molecule has 0 aliphatic heterocycles. The summed E-state index contributed by atoms with van der Waals surface area (Å²) in [5.41, 5.74) is 1.70. The van der Waals surface area contributed by atoms with E-state index in [4.69, 9.17) is 0 Å². The van der Waals surface area contributed by atoms with Gasteiger partial charge in [-0.05, 0) is 30.2 Å². The van der Waals surface area contributed by atoms with Crippen molar-refractivity contribution in [2.75, 3.05) is 0 Å². The second kappa shape index (κ2) is 6.38. The van der Waals surface area contributed by atoms with Crippen molar-refractivity contribution in [3.63, 3.8) is 0 Å². The van der Waals surface area contributed by atoms with Crippen molar-refractivity contribution in [1.29, 1.82) is 0 Å². The Kier molecular flexibility index (Phi) is 5.40. The standard InChI is InChI=1S/C17H29N/c1-13(2)12-16(15-10-8-7-9-11-15)18-14(3)17(4,5)6/h7-11,13-14,16,18H,12H2,1-6H3. The van der Waals surface area contributed by atoms with Gasteiger partial charge < -0.3 is 5.32 Å². The lowest BCUT2D eigenvalue weighted by atomic mass is 9.86. The monoisotopic (exact) mass is 247 g/mol. The van der Waals surface area contributed by atoms with Crippen LogP contribution in [0.2, 0.25) is 0 Å². The van der Waals surface area contributed by atoms with Crippen molar-refractivity contribution in [3.05, 3.63) is 35.9 Å². The van der Waals surface area contributed by atoms with Crippen molar-refractivity contribution in [3.8, 4) is 0 Å². The predicted octanol–water partition coefficient (Wildman–Crippen LogP) is 4.80. The van der Waals surface area contributed by atoms with Crippen molar-refractivity contribution in [2.24, 2.45) is 11.3 Å². The second-order valence-electron chi connectivity index (χ2n) is 6.85. The first-order valence-electron chi connectivity index (χ1n) is 7.11. The van der Waals surface area contributed by atoms with Gasteiger partial charge in [-0.1, -0.05) is 65.0 Å². The summed E-state index contributed by atoms with van der Waals surface area (Å²) in [5.74, 6) is 0.704. The highest BCUT2D eigenvalue weighted by Crippen LogP contribution is 2.26. The molecule has 0 amide bonds. The fourth-order valence-corrected chi connectivity index (χ4v) is 2.01. The molecular formula is C17H29N. The summed E-state index contributed by atoms with van der Waals surface area (Å²) in [7, 11) is 0. The minimum absolute atomic E-state index is 0.296. The molecule has 0 aromatic heterocycles. The summed E-state index contributed by atoms with van der Waals surface area (Å²) in [6, 6.07) is 11.8. The van der Waals surface area contributed by atoms with Crippen LogP contribution < -0.4 is 5.32 Å². The number of rotatable bonds is 5. The van der Waals surface area contributed by atoms with Gasteiger partial charge in [0.05, 0.1) is 0 Å². The van der Waals surface area contributed by atoms with Gasteiger partial charge in [0, 0.05) is 12.1 Å². The van der Waals surface area contributed by atoms with E-state index in [1.807, 2.05) is 0 Å². The molecule has 18 heavy (non-hydrogen) atoms. The average molecular weight is 247 g/mol. The highest BCUT2D eigenvalue weighted by molar-refractivity contribution is 5.19. The van der Waals surface area contributed by atoms with Crippen LogP contribution in [0.1, 0.15) is 59.6 Å². The van der Waals surface area contributed by atoms with E-state index in [1.165, 1.54) is 12.0 Å². The Hall–Kier alpha value is -0.820. The Bertz CT molecular complexity index is 334. The predicted molar refractivity (Wildman–Crippen MR) is 80.7 cm³/mol. The van der Waals surface area contributed by atoms with E-state index in [-0.39, 0.29) is 0 Å². The van der Waals surface area contributed by atoms with E-state index in [0.29, 0.717) is 23.4 Å². The summed E-state index contributed by atoms with van der Waals surface area (Å²) in [6.45, 7) is 13.8. The molecule has 1 nitrogen and oxygen atoms in total. The van der Waals surface area contributed by atoms with E-state index >= 15 is 0 Å². The van der Waals surface area contributed by atoms with Crippen LogP contribution in [0.15, 0.2) is 30.3 Å². The molecule has 2 unspecified atom stereocenters. The van der Waals surface area contributed by atoms with Gasteiger partial charge in [0.15, 0.2) is 0 Å². The maximum absolute atomic E-state index is 3.80. The van der Waals surface area contributed by atoms with Crippen LogP contribution in [0, 0.1) is 11.3 Å². The fraction of sp³-hybridized carbons (Fsp3) is 0.647. The van der Waals surface area contributed by atoms with Gasteiger partial charge in [-0.3, -0.25) is 0 Å². The third-order valence-electron chi connectivity index (χ3n) is 3.66. The third-order valence-corrected chi connectivity index (χ3v) is 3.66. The van der Waals surface area contributed by atoms with E-state index < -0.39 is 0 Å². The third kappa shape index (κ3) is 4.81. The molecule has 0 radical (unpaired) electrons. The number of nitrogens with one attached hydrogen (secondary N) is 1. The van der Waals surface area contributed by atoms with Crippen molar-refractivity contribution >= 4 is 0 Å². The van der Waals surface area contributed by atoms with Crippen LogP contribution in [0.5, 0.6) is 0 Å². The summed E-state index contributed by atoms with van der Waals surface area (Å²) < 4.78 is 0. The lowest BCUT2D eigenvalue weighted by Crippen LogP contribution is -2.40. The molecule has 0 spiro atoms. The molecule has 0 fully saturated rings. The van der Waals surface area contributed by atoms with Crippen LogP contribution in [-0.2, 0) is 0 Å². The van der Waals surface area contributed by atoms with E-state index in [2.05, 4.69) is 77.2 Å². The molecule has 0 bridgehead atoms. The molecule has 102 valence electrons. The smallest absolute Gasteiger partial charge is 0.0325 e. The van der Waals surface area contributed by atoms with E-state index in [0.717, 1.165) is 0 Å². The Morgan fingerprint density at radius 2 is 1.56 bits per heavy atom. The summed E-state index contributed by atoms with van der Waals surface area (Å²) >= 11 is 0. The fourth-order valence-electron chi connectivity index (χ4n) is 2.01. The molecule has 1 heteroatoms. The normalized spacial score (nSPS) is 15.7. The highest BCUT2D eigenvalue weighted by atomic mass is 15.0. The molecule has 0 saturated heterocycles. The lowest BCUT2D eigenvalue weighted by Gasteiger charge is -2.33. The van der Waals surface area contributed by atoms with Gasteiger partial charge >= 0.3 is 0 Å². The first-order chi connectivity index (χ1) is 8.30. The molecule has 2 atom stereocenters. The van der Waals surface area contributed by atoms with Crippen molar-refractivity contribution < 1.29 is 0 Å². The van der Waals surface area contributed by atoms with Gasteiger partial charge in [-0.2, -0.15) is 0 Å². The lowest BCUT2D eigenvalue weighted by molar-refractivity contribution is 0.250. The minimum atomic E-state index is 0.296. The molecular weight excluding hydrogens is 218 g/mol.